The molecular formula is C28H31FN6O. The summed E-state index contributed by atoms with van der Waals surface area (Å²) in [5.41, 5.74) is 3.77. The van der Waals surface area contributed by atoms with Gasteiger partial charge < -0.3 is 10.6 Å². The summed E-state index contributed by atoms with van der Waals surface area (Å²) in [6.07, 6.45) is 5.13. The summed E-state index contributed by atoms with van der Waals surface area (Å²) in [5, 5.41) is 7.47. The van der Waals surface area contributed by atoms with Gasteiger partial charge >= 0.3 is 0 Å². The molecule has 1 aromatic carbocycles. The number of hydrogen-bond acceptors (Lipinski definition) is 5. The molecule has 0 saturated heterocycles. The fourth-order valence-electron chi connectivity index (χ4n) is 5.20. The summed E-state index contributed by atoms with van der Waals surface area (Å²) in [6, 6.07) is 12.0. The van der Waals surface area contributed by atoms with Crippen molar-refractivity contribution in [1.82, 2.24) is 24.6 Å². The predicted molar refractivity (Wildman–Crippen MR) is 140 cm³/mol. The molecule has 2 N–H and O–H groups in total. The zero-order valence-corrected chi connectivity index (χ0v) is 21.1. The maximum Gasteiger partial charge on any atom is 0.276 e. The highest BCUT2D eigenvalue weighted by molar-refractivity contribution is 5.83. The average Bonchev–Trinajstić information content (AvgIpc) is 3.62. The highest BCUT2D eigenvalue weighted by atomic mass is 19.1. The second kappa shape index (κ2) is 8.00. The molecule has 1 fully saturated rings. The summed E-state index contributed by atoms with van der Waals surface area (Å²) in [6.45, 7) is 9.26. The third-order valence-corrected chi connectivity index (χ3v) is 7.24. The van der Waals surface area contributed by atoms with Gasteiger partial charge in [0, 0.05) is 42.7 Å². The van der Waals surface area contributed by atoms with Crippen LogP contribution in [0.2, 0.25) is 0 Å². The van der Waals surface area contributed by atoms with Crippen LogP contribution in [-0.2, 0) is 17.6 Å². The number of hydrogen-bond donors (Lipinski definition) is 2. The molecule has 0 unspecified atom stereocenters. The van der Waals surface area contributed by atoms with Crippen molar-refractivity contribution in [3.63, 3.8) is 0 Å². The fraction of sp³-hybridized carbons (Fsp3) is 0.393. The number of nitrogens with one attached hydrogen (secondary N) is 2. The van der Waals surface area contributed by atoms with Gasteiger partial charge in [0.25, 0.3) is 5.56 Å². The molecule has 2 aliphatic rings. The smallest absolute Gasteiger partial charge is 0.276 e. The van der Waals surface area contributed by atoms with Gasteiger partial charge in [-0.2, -0.15) is 0 Å². The van der Waals surface area contributed by atoms with Crippen molar-refractivity contribution < 1.29 is 4.39 Å². The molecule has 6 rings (SSSR count). The summed E-state index contributed by atoms with van der Waals surface area (Å²) < 4.78 is 18.4. The van der Waals surface area contributed by atoms with E-state index in [1.807, 2.05) is 16.8 Å². The molecule has 0 atom stereocenters. The van der Waals surface area contributed by atoms with Gasteiger partial charge in [0.2, 0.25) is 0 Å². The summed E-state index contributed by atoms with van der Waals surface area (Å²) in [7, 11) is 0. The van der Waals surface area contributed by atoms with E-state index in [4.69, 9.17) is 0 Å². The van der Waals surface area contributed by atoms with Gasteiger partial charge in [0.15, 0.2) is 0 Å². The molecule has 0 spiro atoms. The first-order chi connectivity index (χ1) is 17.1. The maximum atomic E-state index is 14.7. The van der Waals surface area contributed by atoms with Gasteiger partial charge in [-0.25, -0.2) is 18.7 Å². The lowest BCUT2D eigenvalue weighted by Gasteiger charge is -2.33. The topological polar surface area (TPSA) is 76.8 Å². The van der Waals surface area contributed by atoms with E-state index >= 15 is 0 Å². The monoisotopic (exact) mass is 486 g/mol. The van der Waals surface area contributed by atoms with Crippen molar-refractivity contribution in [2.24, 2.45) is 0 Å². The minimum atomic E-state index is -1.59. The Morgan fingerprint density at radius 2 is 1.94 bits per heavy atom. The Morgan fingerprint density at radius 1 is 1.14 bits per heavy atom. The number of alkyl halides is 1. The first-order valence-electron chi connectivity index (χ1n) is 12.5. The lowest BCUT2D eigenvalue weighted by Crippen LogP contribution is -2.38. The third-order valence-electron chi connectivity index (χ3n) is 7.24. The third kappa shape index (κ3) is 3.89. The van der Waals surface area contributed by atoms with Crippen molar-refractivity contribution in [1.29, 1.82) is 0 Å². The Kier molecular flexibility index (Phi) is 5.09. The van der Waals surface area contributed by atoms with Crippen LogP contribution in [0.15, 0.2) is 53.6 Å². The quantitative estimate of drug-likeness (QED) is 0.403. The van der Waals surface area contributed by atoms with Crippen LogP contribution in [0.4, 0.5) is 15.9 Å². The van der Waals surface area contributed by atoms with E-state index in [2.05, 4.69) is 52.6 Å². The molecule has 186 valence electrons. The van der Waals surface area contributed by atoms with Crippen molar-refractivity contribution >= 4 is 22.4 Å². The number of aromatic nitrogens is 4. The van der Waals surface area contributed by atoms with Crippen LogP contribution in [0.25, 0.3) is 16.6 Å². The Morgan fingerprint density at radius 3 is 2.69 bits per heavy atom. The van der Waals surface area contributed by atoms with E-state index in [1.165, 1.54) is 25.0 Å². The SMILES string of the molecule is CC(C)(F)c1cc(-n2c3cc(Nc4ccc5c(c4)CNCC5(C)C)ncc3c(=O)n2C2CC2)ccn1. The van der Waals surface area contributed by atoms with Crippen molar-refractivity contribution in [3.05, 3.63) is 76.0 Å². The number of pyridine rings is 2. The van der Waals surface area contributed by atoms with E-state index in [0.717, 1.165) is 37.1 Å². The standard InChI is InChI=1S/C28H31FN6O/c1-27(2)16-30-14-17-11-18(5-8-22(17)27)33-25-13-23-21(15-32-25)26(36)35(19-6-7-19)34(23)20-9-10-31-24(12-20)28(3,4)29/h5,8-13,15,19,30H,6-7,14,16H2,1-4H3,(H,32,33). The minimum Gasteiger partial charge on any atom is -0.340 e. The molecule has 1 saturated carbocycles. The Bertz CT molecular complexity index is 1540. The number of rotatable bonds is 5. The lowest BCUT2D eigenvalue weighted by molar-refractivity contribution is 0.214. The first-order valence-corrected chi connectivity index (χ1v) is 12.5. The van der Waals surface area contributed by atoms with Crippen molar-refractivity contribution in [3.8, 4) is 5.69 Å². The Balaban J connectivity index is 1.45. The fourth-order valence-corrected chi connectivity index (χ4v) is 5.20. The van der Waals surface area contributed by atoms with Gasteiger partial charge in [-0.15, -0.1) is 0 Å². The molecule has 4 heterocycles. The molecule has 3 aromatic heterocycles. The van der Waals surface area contributed by atoms with Crippen LogP contribution in [0.1, 0.15) is 63.4 Å². The minimum absolute atomic E-state index is 0.0773. The molecule has 7 nitrogen and oxygen atoms in total. The average molecular weight is 487 g/mol. The van der Waals surface area contributed by atoms with Crippen molar-refractivity contribution in [2.75, 3.05) is 11.9 Å². The summed E-state index contributed by atoms with van der Waals surface area (Å²) in [5.74, 6) is 0.646. The maximum absolute atomic E-state index is 14.7. The largest absolute Gasteiger partial charge is 0.340 e. The van der Waals surface area contributed by atoms with Crippen LogP contribution >= 0.6 is 0 Å². The Labute approximate surface area is 209 Å². The molecule has 0 radical (unpaired) electrons. The highest BCUT2D eigenvalue weighted by Crippen LogP contribution is 2.37. The van der Waals surface area contributed by atoms with E-state index in [0.29, 0.717) is 22.6 Å². The van der Waals surface area contributed by atoms with Gasteiger partial charge in [0.1, 0.15) is 11.5 Å². The lowest BCUT2D eigenvalue weighted by atomic mass is 9.79. The first kappa shape index (κ1) is 22.9. The molecule has 36 heavy (non-hydrogen) atoms. The number of halogens is 1. The normalized spacial score (nSPS) is 17.2. The van der Waals surface area contributed by atoms with Crippen LogP contribution in [-0.4, -0.2) is 25.9 Å². The van der Waals surface area contributed by atoms with E-state index < -0.39 is 5.67 Å². The molecule has 1 aliphatic heterocycles. The molecule has 0 bridgehead atoms. The molecular weight excluding hydrogens is 455 g/mol. The van der Waals surface area contributed by atoms with Gasteiger partial charge in [-0.3, -0.25) is 9.78 Å². The van der Waals surface area contributed by atoms with Crippen LogP contribution in [0.5, 0.6) is 0 Å². The zero-order chi connectivity index (χ0) is 25.2. The Hall–Kier alpha value is -3.52. The summed E-state index contributed by atoms with van der Waals surface area (Å²) in [4.78, 5) is 22.2. The van der Waals surface area contributed by atoms with Gasteiger partial charge in [0.05, 0.1) is 28.3 Å². The number of nitrogens with zero attached hydrogens (tertiary/aromatic N) is 4. The van der Waals surface area contributed by atoms with Gasteiger partial charge in [-0.1, -0.05) is 19.9 Å². The molecule has 4 aromatic rings. The van der Waals surface area contributed by atoms with Crippen LogP contribution in [0, 0.1) is 0 Å². The second-order valence-corrected chi connectivity index (χ2v) is 11.1. The van der Waals surface area contributed by atoms with Crippen molar-refractivity contribution in [2.45, 2.75) is 64.2 Å². The van der Waals surface area contributed by atoms with Crippen LogP contribution in [0.3, 0.4) is 0 Å². The number of benzene rings is 1. The summed E-state index contributed by atoms with van der Waals surface area (Å²) >= 11 is 0. The van der Waals surface area contributed by atoms with E-state index in [1.54, 1.807) is 23.1 Å². The van der Waals surface area contributed by atoms with E-state index in [9.17, 15) is 9.18 Å². The number of anilines is 2. The zero-order valence-electron chi connectivity index (χ0n) is 21.1. The van der Waals surface area contributed by atoms with E-state index in [-0.39, 0.29) is 17.0 Å². The highest BCUT2D eigenvalue weighted by Gasteiger charge is 2.31. The van der Waals surface area contributed by atoms with Crippen LogP contribution < -0.4 is 16.2 Å². The molecule has 0 amide bonds. The molecule has 8 heteroatoms. The number of fused-ring (bicyclic) bond motifs is 2. The predicted octanol–water partition coefficient (Wildman–Crippen LogP) is 5.25. The second-order valence-electron chi connectivity index (χ2n) is 11.1. The molecule has 1 aliphatic carbocycles. The van der Waals surface area contributed by atoms with Gasteiger partial charge in [-0.05, 0) is 62.1 Å².